The molecular weight excluding hydrogens is 220 g/mol. The minimum absolute atomic E-state index is 0.364. The first kappa shape index (κ1) is 13.6. The van der Waals surface area contributed by atoms with E-state index in [9.17, 15) is 0 Å². The highest BCUT2D eigenvalue weighted by Gasteiger charge is 2.22. The van der Waals surface area contributed by atoms with Crippen LogP contribution in [0.25, 0.3) is 0 Å². The molecule has 0 radical (unpaired) electrons. The van der Waals surface area contributed by atoms with Crippen molar-refractivity contribution in [3.8, 4) is 0 Å². The standard InChI is InChI=1S/C16H26N2/c1-16(2,3)12-18(4)11-15-14-8-6-5-7-13(14)9-10-17-15/h5-8,15,17H,9-12H2,1-4H3. The van der Waals surface area contributed by atoms with Crippen LogP contribution in [0.4, 0.5) is 0 Å². The molecule has 0 spiro atoms. The van der Waals surface area contributed by atoms with Crippen LogP contribution >= 0.6 is 0 Å². The van der Waals surface area contributed by atoms with Gasteiger partial charge in [-0.3, -0.25) is 0 Å². The maximum absolute atomic E-state index is 3.65. The molecule has 0 saturated carbocycles. The molecule has 1 aliphatic rings. The minimum Gasteiger partial charge on any atom is -0.309 e. The Hall–Kier alpha value is -0.860. The molecule has 1 N–H and O–H groups in total. The lowest BCUT2D eigenvalue weighted by atomic mass is 9.92. The zero-order chi connectivity index (χ0) is 13.2. The smallest absolute Gasteiger partial charge is 0.0452 e. The van der Waals surface area contributed by atoms with E-state index in [2.05, 4.69) is 62.3 Å². The zero-order valence-electron chi connectivity index (χ0n) is 12.2. The molecule has 0 aliphatic carbocycles. The molecule has 1 aliphatic heterocycles. The maximum Gasteiger partial charge on any atom is 0.0452 e. The Morgan fingerprint density at radius 2 is 2.00 bits per heavy atom. The highest BCUT2D eigenvalue weighted by molar-refractivity contribution is 5.32. The summed E-state index contributed by atoms with van der Waals surface area (Å²) in [5.41, 5.74) is 3.37. The molecule has 1 unspecified atom stereocenters. The van der Waals surface area contributed by atoms with Crippen LogP contribution in [0.5, 0.6) is 0 Å². The Bertz CT molecular complexity index is 392. The largest absolute Gasteiger partial charge is 0.309 e. The summed E-state index contributed by atoms with van der Waals surface area (Å²) >= 11 is 0. The van der Waals surface area contributed by atoms with Gasteiger partial charge in [0.05, 0.1) is 0 Å². The van der Waals surface area contributed by atoms with E-state index in [0.29, 0.717) is 11.5 Å². The summed E-state index contributed by atoms with van der Waals surface area (Å²) in [6.07, 6.45) is 1.16. The lowest BCUT2D eigenvalue weighted by molar-refractivity contribution is 0.206. The summed E-state index contributed by atoms with van der Waals surface area (Å²) in [5.74, 6) is 0. The molecule has 1 heterocycles. The fourth-order valence-corrected chi connectivity index (χ4v) is 2.94. The number of likely N-dealkylation sites (N-methyl/N-ethyl adjacent to an activating group) is 1. The average molecular weight is 246 g/mol. The molecule has 100 valence electrons. The van der Waals surface area contributed by atoms with Gasteiger partial charge >= 0.3 is 0 Å². The van der Waals surface area contributed by atoms with Crippen molar-refractivity contribution in [2.24, 2.45) is 5.41 Å². The number of benzene rings is 1. The summed E-state index contributed by atoms with van der Waals surface area (Å²) in [7, 11) is 2.23. The molecule has 0 bridgehead atoms. The van der Waals surface area contributed by atoms with Gasteiger partial charge in [0, 0.05) is 19.1 Å². The molecule has 0 aromatic heterocycles. The maximum atomic E-state index is 3.65. The predicted octanol–water partition coefficient (Wildman–Crippen LogP) is 2.85. The Labute approximate surface area is 111 Å². The minimum atomic E-state index is 0.364. The van der Waals surface area contributed by atoms with E-state index in [1.54, 1.807) is 0 Å². The van der Waals surface area contributed by atoms with Crippen molar-refractivity contribution in [1.29, 1.82) is 0 Å². The number of fused-ring (bicyclic) bond motifs is 1. The van der Waals surface area contributed by atoms with Crippen molar-refractivity contribution < 1.29 is 0 Å². The van der Waals surface area contributed by atoms with Crippen molar-refractivity contribution in [3.05, 3.63) is 35.4 Å². The van der Waals surface area contributed by atoms with E-state index in [1.165, 1.54) is 11.1 Å². The monoisotopic (exact) mass is 246 g/mol. The van der Waals surface area contributed by atoms with Gasteiger partial charge in [0.1, 0.15) is 0 Å². The lowest BCUT2D eigenvalue weighted by Gasteiger charge is -2.33. The number of nitrogens with zero attached hydrogens (tertiary/aromatic N) is 1. The van der Waals surface area contributed by atoms with Crippen LogP contribution in [0.2, 0.25) is 0 Å². The fraction of sp³-hybridized carbons (Fsp3) is 0.625. The lowest BCUT2D eigenvalue weighted by Crippen LogP contribution is -2.40. The van der Waals surface area contributed by atoms with Gasteiger partial charge < -0.3 is 10.2 Å². The van der Waals surface area contributed by atoms with Crippen molar-refractivity contribution in [1.82, 2.24) is 10.2 Å². The fourth-order valence-electron chi connectivity index (χ4n) is 2.94. The SMILES string of the molecule is CN(CC1NCCc2ccccc21)CC(C)(C)C. The van der Waals surface area contributed by atoms with Crippen LogP contribution in [0.15, 0.2) is 24.3 Å². The summed E-state index contributed by atoms with van der Waals surface area (Å²) in [4.78, 5) is 2.44. The summed E-state index contributed by atoms with van der Waals surface area (Å²) in [6.45, 7) is 10.2. The van der Waals surface area contributed by atoms with Gasteiger partial charge in [-0.15, -0.1) is 0 Å². The number of nitrogens with one attached hydrogen (secondary N) is 1. The highest BCUT2D eigenvalue weighted by atomic mass is 15.1. The molecule has 2 nitrogen and oxygen atoms in total. The first-order valence-electron chi connectivity index (χ1n) is 6.95. The zero-order valence-corrected chi connectivity index (χ0v) is 12.2. The molecule has 0 amide bonds. The van der Waals surface area contributed by atoms with Gasteiger partial charge in [0.25, 0.3) is 0 Å². The van der Waals surface area contributed by atoms with E-state index < -0.39 is 0 Å². The normalized spacial score (nSPS) is 19.9. The molecule has 1 aromatic carbocycles. The first-order chi connectivity index (χ1) is 8.46. The van der Waals surface area contributed by atoms with Gasteiger partial charge in [-0.1, -0.05) is 45.0 Å². The molecule has 0 saturated heterocycles. The molecule has 18 heavy (non-hydrogen) atoms. The third kappa shape index (κ3) is 3.56. The summed E-state index contributed by atoms with van der Waals surface area (Å²) in [5, 5.41) is 3.65. The van der Waals surface area contributed by atoms with Gasteiger partial charge in [-0.05, 0) is 36.6 Å². The second-order valence-corrected chi connectivity index (χ2v) is 6.71. The highest BCUT2D eigenvalue weighted by Crippen LogP contribution is 2.24. The van der Waals surface area contributed by atoms with Gasteiger partial charge in [0.15, 0.2) is 0 Å². The molecule has 0 fully saturated rings. The van der Waals surface area contributed by atoms with Crippen LogP contribution in [-0.2, 0) is 6.42 Å². The Balaban J connectivity index is 2.03. The quantitative estimate of drug-likeness (QED) is 0.882. The first-order valence-corrected chi connectivity index (χ1v) is 6.95. The number of hydrogen-bond acceptors (Lipinski definition) is 2. The van der Waals surface area contributed by atoms with Crippen LogP contribution in [-0.4, -0.2) is 31.6 Å². The van der Waals surface area contributed by atoms with Crippen molar-refractivity contribution in [2.45, 2.75) is 33.2 Å². The van der Waals surface area contributed by atoms with Crippen molar-refractivity contribution >= 4 is 0 Å². The molecule has 1 atom stereocenters. The third-order valence-electron chi connectivity index (χ3n) is 3.45. The Kier molecular flexibility index (Phi) is 4.08. The summed E-state index contributed by atoms with van der Waals surface area (Å²) < 4.78 is 0. The van der Waals surface area contributed by atoms with E-state index >= 15 is 0 Å². The second-order valence-electron chi connectivity index (χ2n) is 6.71. The van der Waals surface area contributed by atoms with Crippen molar-refractivity contribution in [3.63, 3.8) is 0 Å². The average Bonchev–Trinajstić information content (AvgIpc) is 2.27. The third-order valence-corrected chi connectivity index (χ3v) is 3.45. The molecule has 2 heteroatoms. The van der Waals surface area contributed by atoms with Crippen molar-refractivity contribution in [2.75, 3.05) is 26.7 Å². The second kappa shape index (κ2) is 5.41. The summed E-state index contributed by atoms with van der Waals surface area (Å²) in [6, 6.07) is 9.34. The molecular formula is C16H26N2. The van der Waals surface area contributed by atoms with E-state index in [-0.39, 0.29) is 0 Å². The Morgan fingerprint density at radius 1 is 1.28 bits per heavy atom. The van der Waals surface area contributed by atoms with E-state index in [1.807, 2.05) is 0 Å². The van der Waals surface area contributed by atoms with E-state index in [0.717, 1.165) is 26.1 Å². The van der Waals surface area contributed by atoms with Crippen LogP contribution in [0.3, 0.4) is 0 Å². The topological polar surface area (TPSA) is 15.3 Å². The van der Waals surface area contributed by atoms with E-state index in [4.69, 9.17) is 0 Å². The van der Waals surface area contributed by atoms with Gasteiger partial charge in [-0.25, -0.2) is 0 Å². The number of rotatable bonds is 3. The Morgan fingerprint density at radius 3 is 2.72 bits per heavy atom. The van der Waals surface area contributed by atoms with Crippen LogP contribution in [0.1, 0.15) is 37.9 Å². The number of hydrogen-bond donors (Lipinski definition) is 1. The van der Waals surface area contributed by atoms with Gasteiger partial charge in [-0.2, -0.15) is 0 Å². The van der Waals surface area contributed by atoms with Crippen LogP contribution < -0.4 is 5.32 Å². The van der Waals surface area contributed by atoms with Crippen LogP contribution in [0, 0.1) is 5.41 Å². The molecule has 1 aromatic rings. The predicted molar refractivity (Wildman–Crippen MR) is 77.8 cm³/mol. The molecule has 2 rings (SSSR count). The van der Waals surface area contributed by atoms with Gasteiger partial charge in [0.2, 0.25) is 0 Å².